The van der Waals surface area contributed by atoms with Crippen LogP contribution >= 0.6 is 11.6 Å². The quantitative estimate of drug-likeness (QED) is 0.700. The maximum Gasteiger partial charge on any atom is 0.292 e. The van der Waals surface area contributed by atoms with Crippen molar-refractivity contribution >= 4 is 23.5 Å². The van der Waals surface area contributed by atoms with Gasteiger partial charge in [0.25, 0.3) is 6.73 Å². The van der Waals surface area contributed by atoms with Gasteiger partial charge in [0, 0.05) is 12.1 Å². The molecule has 1 heterocycles. The second kappa shape index (κ2) is 4.22. The second-order valence-corrected chi connectivity index (χ2v) is 4.27. The number of rotatable bonds is 1. The van der Waals surface area contributed by atoms with Crippen molar-refractivity contribution in [2.45, 2.75) is 0 Å². The number of halogens is 1. The molecule has 84 valence electrons. The zero-order valence-corrected chi connectivity index (χ0v) is 9.89. The van der Waals surface area contributed by atoms with E-state index in [0.29, 0.717) is 11.8 Å². The molecule has 1 aliphatic rings. The number of fused-ring (bicyclic) bond motifs is 1. The van der Waals surface area contributed by atoms with Crippen LogP contribution in [0.25, 0.3) is 0 Å². The molecule has 0 N–H and O–H groups in total. The summed E-state index contributed by atoms with van der Waals surface area (Å²) < 4.78 is 7.74. The van der Waals surface area contributed by atoms with Crippen LogP contribution in [0, 0.1) is 0 Å². The van der Waals surface area contributed by atoms with E-state index in [4.69, 9.17) is 16.3 Å². The number of benzene rings is 2. The molecular weight excluding hydrogens is 234 g/mol. The third kappa shape index (κ3) is 1.92. The summed E-state index contributed by atoms with van der Waals surface area (Å²) in [6, 6.07) is 15.9. The Morgan fingerprint density at radius 3 is 2.65 bits per heavy atom. The third-order valence-electron chi connectivity index (χ3n) is 2.73. The first-order valence-electron chi connectivity index (χ1n) is 5.42. The van der Waals surface area contributed by atoms with Gasteiger partial charge < -0.3 is 4.74 Å². The van der Waals surface area contributed by atoms with Gasteiger partial charge >= 0.3 is 0 Å². The molecule has 3 rings (SSSR count). The van der Waals surface area contributed by atoms with Crippen molar-refractivity contribution in [1.29, 1.82) is 0 Å². The van der Waals surface area contributed by atoms with Crippen molar-refractivity contribution in [3.8, 4) is 5.75 Å². The maximum absolute atomic E-state index is 6.07. The lowest BCUT2D eigenvalue weighted by Gasteiger charge is -2.14. The van der Waals surface area contributed by atoms with Gasteiger partial charge in [-0.3, -0.25) is 0 Å². The molecule has 2 aromatic rings. The highest BCUT2D eigenvalue weighted by molar-refractivity contribution is 6.32. The fourth-order valence-electron chi connectivity index (χ4n) is 1.89. The minimum absolute atomic E-state index is 0.487. The van der Waals surface area contributed by atoms with Gasteiger partial charge in [0.1, 0.15) is 0 Å². The van der Waals surface area contributed by atoms with Gasteiger partial charge in [0.2, 0.25) is 5.69 Å². The summed E-state index contributed by atoms with van der Waals surface area (Å²) in [5.41, 5.74) is 2.12. The van der Waals surface area contributed by atoms with E-state index in [0.717, 1.165) is 17.0 Å². The summed E-state index contributed by atoms with van der Waals surface area (Å²) in [6.45, 7) is 0.487. The fourth-order valence-corrected chi connectivity index (χ4v) is 2.12. The summed E-state index contributed by atoms with van der Waals surface area (Å²) in [5.74, 6) is 0.765. The van der Waals surface area contributed by atoms with E-state index in [2.05, 4.69) is 22.9 Å². The topological polar surface area (TPSA) is 12.2 Å². The Labute approximate surface area is 105 Å². The summed E-state index contributed by atoms with van der Waals surface area (Å²) in [7, 11) is 0. The molecule has 0 amide bonds. The molecule has 3 heteroatoms. The Kier molecular flexibility index (Phi) is 2.57. The SMILES string of the molecule is Clc1cccc2c1OC[N+](c1ccccc1)=C2. The van der Waals surface area contributed by atoms with Crippen LogP contribution in [-0.2, 0) is 0 Å². The van der Waals surface area contributed by atoms with E-state index in [9.17, 15) is 0 Å². The standard InChI is InChI=1S/C14H11ClNO/c15-13-8-4-5-11-9-16(10-17-14(11)13)12-6-2-1-3-7-12/h1-9H,10H2/q+1. The van der Waals surface area contributed by atoms with Crippen LogP contribution in [0.5, 0.6) is 5.75 Å². The van der Waals surface area contributed by atoms with Gasteiger partial charge in [-0.05, 0) is 12.1 Å². The molecular formula is C14H11ClNO+. The van der Waals surface area contributed by atoms with Crippen LogP contribution in [0.3, 0.4) is 0 Å². The molecule has 0 unspecified atom stereocenters. The Bertz CT molecular complexity index is 578. The van der Waals surface area contributed by atoms with Crippen LogP contribution in [0.4, 0.5) is 5.69 Å². The van der Waals surface area contributed by atoms with Crippen LogP contribution in [0.15, 0.2) is 48.5 Å². The minimum atomic E-state index is 0.487. The van der Waals surface area contributed by atoms with Gasteiger partial charge in [-0.2, -0.15) is 4.58 Å². The second-order valence-electron chi connectivity index (χ2n) is 3.87. The molecule has 17 heavy (non-hydrogen) atoms. The molecule has 0 fully saturated rings. The van der Waals surface area contributed by atoms with Crippen molar-refractivity contribution < 1.29 is 9.31 Å². The number of para-hydroxylation sites is 2. The van der Waals surface area contributed by atoms with Crippen molar-refractivity contribution in [2.24, 2.45) is 0 Å². The van der Waals surface area contributed by atoms with E-state index in [1.807, 2.05) is 36.4 Å². The molecule has 0 spiro atoms. The Morgan fingerprint density at radius 1 is 1.00 bits per heavy atom. The van der Waals surface area contributed by atoms with E-state index in [1.54, 1.807) is 0 Å². The smallest absolute Gasteiger partial charge is 0.292 e. The predicted octanol–water partition coefficient (Wildman–Crippen LogP) is 3.45. The van der Waals surface area contributed by atoms with Crippen LogP contribution in [0.1, 0.15) is 5.56 Å². The van der Waals surface area contributed by atoms with Crippen molar-refractivity contribution in [2.75, 3.05) is 6.73 Å². The summed E-state index contributed by atoms with van der Waals surface area (Å²) in [4.78, 5) is 0. The Hall–Kier alpha value is -1.80. The first kappa shape index (κ1) is 10.4. The lowest BCUT2D eigenvalue weighted by Crippen LogP contribution is -2.20. The van der Waals surface area contributed by atoms with Crippen LogP contribution in [0.2, 0.25) is 5.02 Å². The molecule has 2 nitrogen and oxygen atoms in total. The number of nitrogens with zero attached hydrogens (tertiary/aromatic N) is 1. The zero-order valence-electron chi connectivity index (χ0n) is 9.14. The molecule has 0 saturated heterocycles. The monoisotopic (exact) mass is 244 g/mol. The summed E-state index contributed by atoms with van der Waals surface area (Å²) in [6.07, 6.45) is 2.06. The molecule has 0 saturated carbocycles. The first-order chi connectivity index (χ1) is 8.34. The zero-order chi connectivity index (χ0) is 11.7. The highest BCUT2D eigenvalue weighted by Crippen LogP contribution is 2.30. The minimum Gasteiger partial charge on any atom is -0.433 e. The van der Waals surface area contributed by atoms with Crippen molar-refractivity contribution in [3.63, 3.8) is 0 Å². The van der Waals surface area contributed by atoms with Gasteiger partial charge in [0.15, 0.2) is 12.0 Å². The predicted molar refractivity (Wildman–Crippen MR) is 68.5 cm³/mol. The first-order valence-corrected chi connectivity index (χ1v) is 5.80. The highest BCUT2D eigenvalue weighted by Gasteiger charge is 2.20. The van der Waals surface area contributed by atoms with E-state index >= 15 is 0 Å². The molecule has 0 aromatic heterocycles. The van der Waals surface area contributed by atoms with Gasteiger partial charge in [0.05, 0.1) is 10.6 Å². The molecule has 0 aliphatic carbocycles. The molecule has 0 radical (unpaired) electrons. The van der Waals surface area contributed by atoms with Crippen molar-refractivity contribution in [3.05, 3.63) is 59.1 Å². The lowest BCUT2D eigenvalue weighted by molar-refractivity contribution is -0.476. The third-order valence-corrected chi connectivity index (χ3v) is 3.03. The van der Waals surface area contributed by atoms with Gasteiger partial charge in [-0.15, -0.1) is 0 Å². The average Bonchev–Trinajstić information content (AvgIpc) is 2.40. The van der Waals surface area contributed by atoms with Crippen molar-refractivity contribution in [1.82, 2.24) is 0 Å². The highest BCUT2D eigenvalue weighted by atomic mass is 35.5. The van der Waals surface area contributed by atoms with Gasteiger partial charge in [-0.25, -0.2) is 0 Å². The molecule has 1 aliphatic heterocycles. The number of hydrogen-bond acceptors (Lipinski definition) is 1. The normalized spacial score (nSPS) is 13.6. The molecule has 0 bridgehead atoms. The summed E-state index contributed by atoms with van der Waals surface area (Å²) in [5, 5.41) is 0.659. The maximum atomic E-state index is 6.07. The Balaban J connectivity index is 2.07. The van der Waals surface area contributed by atoms with E-state index < -0.39 is 0 Å². The lowest BCUT2D eigenvalue weighted by atomic mass is 10.2. The number of ether oxygens (including phenoxy) is 1. The van der Waals surface area contributed by atoms with E-state index in [-0.39, 0.29) is 0 Å². The average molecular weight is 245 g/mol. The van der Waals surface area contributed by atoms with Crippen LogP contribution < -0.4 is 4.74 Å². The Morgan fingerprint density at radius 2 is 1.82 bits per heavy atom. The molecule has 2 aromatic carbocycles. The summed E-state index contributed by atoms with van der Waals surface area (Å²) >= 11 is 6.07. The molecule has 0 atom stereocenters. The van der Waals surface area contributed by atoms with Crippen LogP contribution in [-0.4, -0.2) is 17.5 Å². The fraction of sp³-hybridized carbons (Fsp3) is 0.0714. The van der Waals surface area contributed by atoms with E-state index in [1.165, 1.54) is 0 Å². The number of hydrogen-bond donors (Lipinski definition) is 0. The largest absolute Gasteiger partial charge is 0.433 e. The van der Waals surface area contributed by atoms with Gasteiger partial charge in [-0.1, -0.05) is 35.9 Å².